The van der Waals surface area contributed by atoms with Gasteiger partial charge in [-0.25, -0.2) is 4.98 Å². The van der Waals surface area contributed by atoms with Crippen molar-refractivity contribution in [1.29, 1.82) is 5.26 Å². The highest BCUT2D eigenvalue weighted by Crippen LogP contribution is 2.30. The molecule has 1 unspecified atom stereocenters. The molecule has 2 aliphatic carbocycles. The van der Waals surface area contributed by atoms with Crippen LogP contribution in [0.25, 0.3) is 0 Å². The third-order valence-electron chi connectivity index (χ3n) is 5.58. The Morgan fingerprint density at radius 2 is 1.93 bits per heavy atom. The molecule has 1 aromatic heterocycles. The highest BCUT2D eigenvalue weighted by molar-refractivity contribution is 6.58. The van der Waals surface area contributed by atoms with E-state index in [0.29, 0.717) is 23.8 Å². The average molecular weight is 389 g/mol. The van der Waals surface area contributed by atoms with Crippen LogP contribution in [-0.2, 0) is 4.74 Å². The van der Waals surface area contributed by atoms with E-state index in [1.165, 1.54) is 6.20 Å². The molecule has 3 rings (SSSR count). The Bertz CT molecular complexity index is 742. The number of hydrogen-bond acceptors (Lipinski definition) is 7. The van der Waals surface area contributed by atoms with E-state index in [9.17, 15) is 10.4 Å². The van der Waals surface area contributed by atoms with Gasteiger partial charge in [0, 0.05) is 12.1 Å². The van der Waals surface area contributed by atoms with E-state index in [0.717, 1.165) is 44.9 Å². The fourth-order valence-corrected chi connectivity index (χ4v) is 4.22. The average Bonchev–Trinajstić information content (AvgIpc) is 2.62. The summed E-state index contributed by atoms with van der Waals surface area (Å²) in [5.74, 6) is 0.980. The van der Waals surface area contributed by atoms with E-state index >= 15 is 0 Å². The van der Waals surface area contributed by atoms with Gasteiger partial charge in [-0.05, 0) is 63.6 Å². The van der Waals surface area contributed by atoms with Crippen LogP contribution in [0.3, 0.4) is 0 Å². The molecule has 2 atom stereocenters. The predicted octanol–water partition coefficient (Wildman–Crippen LogP) is 1.31. The van der Waals surface area contributed by atoms with Crippen molar-refractivity contribution >= 4 is 35.3 Å². The van der Waals surface area contributed by atoms with Gasteiger partial charge in [-0.15, -0.1) is 0 Å². The number of hydrogen-bond donors (Lipinski definition) is 3. The summed E-state index contributed by atoms with van der Waals surface area (Å²) < 4.78 is 5.44. The molecule has 0 amide bonds. The SMILES string of the molecule is [B]C([B])([B])OC1CCC(Nc2ncc(C#N)c(NC3CCC[C@](C)(O)C3)n2)CC1. The molecule has 1 heterocycles. The fourth-order valence-electron chi connectivity index (χ4n) is 4.22. The molecule has 0 saturated heterocycles. The largest absolute Gasteiger partial charge is 0.400 e. The van der Waals surface area contributed by atoms with Crippen molar-refractivity contribution in [2.45, 2.75) is 87.4 Å². The summed E-state index contributed by atoms with van der Waals surface area (Å²) in [7, 11) is 16.5. The van der Waals surface area contributed by atoms with Crippen LogP contribution in [-0.4, -0.2) is 67.7 Å². The van der Waals surface area contributed by atoms with Gasteiger partial charge < -0.3 is 20.5 Å². The van der Waals surface area contributed by atoms with E-state index < -0.39 is 10.9 Å². The second kappa shape index (κ2) is 8.97. The van der Waals surface area contributed by atoms with Crippen LogP contribution < -0.4 is 10.6 Å². The fraction of sp³-hybridized carbons (Fsp3) is 0.737. The zero-order valence-electron chi connectivity index (χ0n) is 16.9. The summed E-state index contributed by atoms with van der Waals surface area (Å²) in [5, 5.41) is 24.8. The number of nitrogens with one attached hydrogen (secondary N) is 2. The van der Waals surface area contributed by atoms with Crippen LogP contribution in [0, 0.1) is 11.3 Å². The minimum Gasteiger partial charge on any atom is -0.400 e. The molecule has 29 heavy (non-hydrogen) atoms. The Morgan fingerprint density at radius 1 is 1.21 bits per heavy atom. The number of anilines is 2. The van der Waals surface area contributed by atoms with Crippen LogP contribution in [0.15, 0.2) is 6.20 Å². The third kappa shape index (κ3) is 6.65. The van der Waals surface area contributed by atoms with Crippen LogP contribution >= 0.6 is 0 Å². The molecule has 0 bridgehead atoms. The molecule has 148 valence electrons. The van der Waals surface area contributed by atoms with E-state index in [4.69, 9.17) is 28.3 Å². The second-order valence-corrected chi connectivity index (χ2v) is 8.59. The molecule has 7 nitrogen and oxygen atoms in total. The highest BCUT2D eigenvalue weighted by Gasteiger charge is 2.30. The van der Waals surface area contributed by atoms with E-state index in [1.807, 2.05) is 6.92 Å². The van der Waals surface area contributed by atoms with Crippen LogP contribution in [0.2, 0.25) is 0 Å². The van der Waals surface area contributed by atoms with Crippen molar-refractivity contribution in [3.05, 3.63) is 11.8 Å². The van der Waals surface area contributed by atoms with Crippen molar-refractivity contribution in [2.75, 3.05) is 10.6 Å². The van der Waals surface area contributed by atoms with Crippen molar-refractivity contribution < 1.29 is 9.84 Å². The number of aliphatic hydroxyl groups is 1. The molecule has 2 saturated carbocycles. The molecule has 2 fully saturated rings. The first-order valence-corrected chi connectivity index (χ1v) is 10.2. The van der Waals surface area contributed by atoms with Gasteiger partial charge in [-0.1, -0.05) is 0 Å². The molecule has 1 aromatic rings. The van der Waals surface area contributed by atoms with Crippen molar-refractivity contribution in [2.24, 2.45) is 0 Å². The van der Waals surface area contributed by atoms with Gasteiger partial charge in [-0.2, -0.15) is 10.2 Å². The Balaban J connectivity index is 1.60. The maximum atomic E-state index is 10.3. The molecule has 0 spiro atoms. The quantitative estimate of drug-likeness (QED) is 0.631. The van der Waals surface area contributed by atoms with E-state index in [-0.39, 0.29) is 18.2 Å². The summed E-state index contributed by atoms with van der Waals surface area (Å²) in [5.41, 5.74) is -0.297. The standard InChI is InChI=1S/C19H26B3N5O2/c1-18(28)8-2-3-14(9-18)25-16-12(10-23)11-24-17(27-16)26-13-4-6-15(7-5-13)29-19(20,21)22/h11,13-15,28H,2-9H2,1H3,(H2,24,25,26,27)/t13?,14?,15?,18-/m0/s1. The number of rotatable bonds is 6. The number of nitriles is 1. The minimum atomic E-state index is -1.61. The first-order chi connectivity index (χ1) is 13.6. The molecular weight excluding hydrogens is 363 g/mol. The lowest BCUT2D eigenvalue weighted by molar-refractivity contribution is 0.0181. The molecule has 0 aliphatic heterocycles. The van der Waals surface area contributed by atoms with Crippen LogP contribution in [0.4, 0.5) is 11.8 Å². The summed E-state index contributed by atoms with van der Waals surface area (Å²) in [6.07, 6.45) is 8.00. The Hall–Kier alpha value is -1.72. The zero-order valence-corrected chi connectivity index (χ0v) is 16.9. The lowest BCUT2D eigenvalue weighted by Gasteiger charge is -2.35. The third-order valence-corrected chi connectivity index (χ3v) is 5.58. The van der Waals surface area contributed by atoms with E-state index in [2.05, 4.69) is 26.7 Å². The molecule has 10 heteroatoms. The summed E-state index contributed by atoms with van der Waals surface area (Å²) >= 11 is 0. The van der Waals surface area contributed by atoms with Crippen LogP contribution in [0.1, 0.15) is 63.9 Å². The van der Waals surface area contributed by atoms with Crippen LogP contribution in [0.5, 0.6) is 0 Å². The number of ether oxygens (including phenoxy) is 1. The molecule has 2 aliphatic rings. The Labute approximate surface area is 176 Å². The summed E-state index contributed by atoms with van der Waals surface area (Å²) in [6.45, 7) is 1.85. The highest BCUT2D eigenvalue weighted by atomic mass is 16.5. The second-order valence-electron chi connectivity index (χ2n) is 8.59. The maximum Gasteiger partial charge on any atom is 0.224 e. The monoisotopic (exact) mass is 389 g/mol. The first-order valence-electron chi connectivity index (χ1n) is 10.2. The lowest BCUT2D eigenvalue weighted by Crippen LogP contribution is -2.41. The maximum absolute atomic E-state index is 10.3. The Morgan fingerprint density at radius 3 is 2.55 bits per heavy atom. The summed E-state index contributed by atoms with van der Waals surface area (Å²) in [6, 6.07) is 2.40. The summed E-state index contributed by atoms with van der Waals surface area (Å²) in [4.78, 5) is 8.81. The zero-order chi connectivity index (χ0) is 21.1. The predicted molar refractivity (Wildman–Crippen MR) is 114 cm³/mol. The van der Waals surface area contributed by atoms with Gasteiger partial charge in [0.1, 0.15) is 17.5 Å². The molecular formula is C19H26B3N5O2. The Kier molecular flexibility index (Phi) is 6.80. The molecule has 3 N–H and O–H groups in total. The normalized spacial score (nSPS) is 30.3. The van der Waals surface area contributed by atoms with E-state index in [1.54, 1.807) is 0 Å². The topological polar surface area (TPSA) is 103 Å². The molecule has 0 aromatic carbocycles. The lowest BCUT2D eigenvalue weighted by atomic mass is 9.52. The smallest absolute Gasteiger partial charge is 0.224 e. The number of aromatic nitrogens is 2. The van der Waals surface area contributed by atoms with Crippen molar-refractivity contribution in [3.8, 4) is 6.07 Å². The van der Waals surface area contributed by atoms with Crippen molar-refractivity contribution in [3.63, 3.8) is 0 Å². The van der Waals surface area contributed by atoms with Gasteiger partial charge in [-0.3, -0.25) is 0 Å². The van der Waals surface area contributed by atoms with Crippen molar-refractivity contribution in [1.82, 2.24) is 9.97 Å². The van der Waals surface area contributed by atoms with Gasteiger partial charge in [0.15, 0.2) is 0 Å². The van der Waals surface area contributed by atoms with Gasteiger partial charge in [0.2, 0.25) is 5.95 Å². The molecule has 6 radical (unpaired) electrons. The van der Waals surface area contributed by atoms with Gasteiger partial charge in [0.05, 0.1) is 41.4 Å². The van der Waals surface area contributed by atoms with Gasteiger partial charge in [0.25, 0.3) is 0 Å². The minimum absolute atomic E-state index is 0.0637. The first kappa shape index (κ1) is 22.0. The number of nitrogens with zero attached hydrogens (tertiary/aromatic N) is 3. The van der Waals surface area contributed by atoms with Gasteiger partial charge >= 0.3 is 0 Å².